The Hall–Kier alpha value is -2.06. The lowest BCUT2D eigenvalue weighted by Gasteiger charge is -2.27. The molecule has 0 aromatic carbocycles. The number of unbranched alkanes of at least 4 members (excludes halogenated alkanes) is 1. The summed E-state index contributed by atoms with van der Waals surface area (Å²) in [5, 5.41) is 9.47. The van der Waals surface area contributed by atoms with Crippen LogP contribution in [0, 0.1) is 28.6 Å². The molecular weight excluding hydrogens is 424 g/mol. The Labute approximate surface area is 210 Å². The van der Waals surface area contributed by atoms with E-state index in [1.807, 2.05) is 19.9 Å². The van der Waals surface area contributed by atoms with Crippen molar-refractivity contribution in [1.82, 2.24) is 4.90 Å². The molecule has 34 heavy (non-hydrogen) atoms. The number of allylic oxidation sites excluding steroid dienone is 3. The van der Waals surface area contributed by atoms with Crippen LogP contribution < -0.4 is 0 Å². The molecule has 196 valence electrons. The zero-order chi connectivity index (χ0) is 26.2. The van der Waals surface area contributed by atoms with Gasteiger partial charge in [0, 0.05) is 0 Å². The zero-order valence-corrected chi connectivity index (χ0v) is 23.0. The van der Waals surface area contributed by atoms with Gasteiger partial charge in [-0.1, -0.05) is 59.4 Å². The molecule has 0 aliphatic carbocycles. The normalized spacial score (nSPS) is 14.3. The largest absolute Gasteiger partial charge is 0.502 e. The van der Waals surface area contributed by atoms with Gasteiger partial charge in [0.1, 0.15) is 0 Å². The SMILES string of the molecule is C=COCCCCOC(=O)C(C)(CC)CC(C#N)CC=CCCC(C)C=C.CCN(CC)CC. The lowest BCUT2D eigenvalue weighted by molar-refractivity contribution is -0.156. The summed E-state index contributed by atoms with van der Waals surface area (Å²) >= 11 is 0. The van der Waals surface area contributed by atoms with E-state index >= 15 is 0 Å². The van der Waals surface area contributed by atoms with Gasteiger partial charge >= 0.3 is 5.97 Å². The number of carbonyl (C=O) groups is 1. The molecule has 5 nitrogen and oxygen atoms in total. The molecule has 0 aromatic heterocycles. The van der Waals surface area contributed by atoms with Crippen LogP contribution in [0.15, 0.2) is 37.6 Å². The Morgan fingerprint density at radius 1 is 1.09 bits per heavy atom. The summed E-state index contributed by atoms with van der Waals surface area (Å²) in [7, 11) is 0. The van der Waals surface area contributed by atoms with E-state index in [1.165, 1.54) is 25.9 Å². The van der Waals surface area contributed by atoms with Crippen LogP contribution in [-0.2, 0) is 14.3 Å². The summed E-state index contributed by atoms with van der Waals surface area (Å²) in [5.41, 5.74) is -0.622. The second-order valence-electron chi connectivity index (χ2n) is 8.94. The van der Waals surface area contributed by atoms with E-state index in [2.05, 4.69) is 64.0 Å². The predicted octanol–water partition coefficient (Wildman–Crippen LogP) is 7.31. The van der Waals surface area contributed by atoms with Crippen LogP contribution in [0.3, 0.4) is 0 Å². The Morgan fingerprint density at radius 3 is 2.18 bits per heavy atom. The molecule has 3 unspecified atom stereocenters. The Morgan fingerprint density at radius 2 is 1.71 bits per heavy atom. The molecule has 0 N–H and O–H groups in total. The Bertz CT molecular complexity index is 587. The van der Waals surface area contributed by atoms with E-state index in [9.17, 15) is 10.1 Å². The highest BCUT2D eigenvalue weighted by atomic mass is 16.5. The van der Waals surface area contributed by atoms with Crippen molar-refractivity contribution in [3.63, 3.8) is 0 Å². The first-order valence-corrected chi connectivity index (χ1v) is 13.1. The van der Waals surface area contributed by atoms with Crippen molar-refractivity contribution in [2.24, 2.45) is 17.3 Å². The maximum Gasteiger partial charge on any atom is 0.311 e. The molecule has 0 bridgehead atoms. The fourth-order valence-corrected chi connectivity index (χ4v) is 3.33. The molecule has 0 amide bonds. The average molecular weight is 477 g/mol. The molecule has 3 atom stereocenters. The second-order valence-corrected chi connectivity index (χ2v) is 8.94. The van der Waals surface area contributed by atoms with Gasteiger partial charge in [-0.05, 0) is 77.4 Å². The minimum Gasteiger partial charge on any atom is -0.502 e. The smallest absolute Gasteiger partial charge is 0.311 e. The van der Waals surface area contributed by atoms with Crippen LogP contribution in [0.1, 0.15) is 86.5 Å². The third kappa shape index (κ3) is 17.4. The number of carbonyl (C=O) groups excluding carboxylic acids is 1. The number of esters is 1. The molecule has 0 rings (SSSR count). The third-order valence-electron chi connectivity index (χ3n) is 6.28. The van der Waals surface area contributed by atoms with Gasteiger partial charge in [0.2, 0.25) is 0 Å². The van der Waals surface area contributed by atoms with Gasteiger partial charge in [-0.25, -0.2) is 0 Å². The monoisotopic (exact) mass is 476 g/mol. The number of ether oxygens (including phenoxy) is 2. The fourth-order valence-electron chi connectivity index (χ4n) is 3.33. The highest BCUT2D eigenvalue weighted by Crippen LogP contribution is 2.33. The summed E-state index contributed by atoms with van der Waals surface area (Å²) in [4.78, 5) is 14.9. The van der Waals surface area contributed by atoms with Gasteiger partial charge in [0.05, 0.1) is 36.9 Å². The van der Waals surface area contributed by atoms with Crippen molar-refractivity contribution in [3.8, 4) is 6.07 Å². The van der Waals surface area contributed by atoms with E-state index in [0.29, 0.717) is 38.4 Å². The van der Waals surface area contributed by atoms with Crippen LogP contribution in [0.25, 0.3) is 0 Å². The molecular formula is C29H52N2O3. The van der Waals surface area contributed by atoms with Crippen molar-refractivity contribution in [3.05, 3.63) is 37.6 Å². The van der Waals surface area contributed by atoms with E-state index in [1.54, 1.807) is 0 Å². The third-order valence-corrected chi connectivity index (χ3v) is 6.28. The average Bonchev–Trinajstić information content (AvgIpc) is 2.86. The Kier molecular flexibility index (Phi) is 22.8. The molecule has 0 aliphatic heterocycles. The summed E-state index contributed by atoms with van der Waals surface area (Å²) in [6.07, 6.45) is 13.0. The topological polar surface area (TPSA) is 62.6 Å². The van der Waals surface area contributed by atoms with E-state index < -0.39 is 5.41 Å². The first kappa shape index (κ1) is 34.1. The van der Waals surface area contributed by atoms with Gasteiger partial charge < -0.3 is 14.4 Å². The number of nitrogens with zero attached hydrogens (tertiary/aromatic N) is 2. The molecule has 0 radical (unpaired) electrons. The van der Waals surface area contributed by atoms with E-state index in [4.69, 9.17) is 9.47 Å². The number of hydrogen-bond acceptors (Lipinski definition) is 5. The van der Waals surface area contributed by atoms with E-state index in [0.717, 1.165) is 25.7 Å². The standard InChI is InChI=1S/C23H37NO3.C6H15N/c1-6-20(4)14-10-9-11-15-21(19-24)18-23(5,7-2)22(25)27-17-13-12-16-26-8-3;1-4-7(5-2)6-3/h6,8-9,11,20-21H,1,3,7,10,12-18H2,2,4-5H3;4-6H2,1-3H3. The quantitative estimate of drug-likeness (QED) is 0.0846. The summed E-state index contributed by atoms with van der Waals surface area (Å²) in [6.45, 7) is 24.4. The predicted molar refractivity (Wildman–Crippen MR) is 144 cm³/mol. The summed E-state index contributed by atoms with van der Waals surface area (Å²) in [6, 6.07) is 2.35. The highest BCUT2D eigenvalue weighted by molar-refractivity contribution is 5.76. The second kappa shape index (κ2) is 22.7. The van der Waals surface area contributed by atoms with Crippen LogP contribution in [0.2, 0.25) is 0 Å². The van der Waals surface area contributed by atoms with Crippen LogP contribution in [0.4, 0.5) is 0 Å². The fraction of sp³-hybridized carbons (Fsp3) is 0.724. The Balaban J connectivity index is 0. The molecule has 0 heterocycles. The first-order chi connectivity index (χ1) is 16.3. The summed E-state index contributed by atoms with van der Waals surface area (Å²) in [5.74, 6) is 0.109. The molecule has 5 heteroatoms. The van der Waals surface area contributed by atoms with Crippen molar-refractivity contribution >= 4 is 5.97 Å². The molecule has 0 spiro atoms. The van der Waals surface area contributed by atoms with Gasteiger partial charge in [-0.3, -0.25) is 4.79 Å². The minimum atomic E-state index is -0.622. The van der Waals surface area contributed by atoms with Crippen LogP contribution in [-0.4, -0.2) is 43.7 Å². The van der Waals surface area contributed by atoms with Gasteiger partial charge in [0.15, 0.2) is 0 Å². The van der Waals surface area contributed by atoms with Crippen LogP contribution in [0.5, 0.6) is 0 Å². The zero-order valence-electron chi connectivity index (χ0n) is 23.0. The molecule has 0 saturated heterocycles. The number of nitriles is 1. The highest BCUT2D eigenvalue weighted by Gasteiger charge is 2.35. The van der Waals surface area contributed by atoms with Crippen molar-refractivity contribution in [2.45, 2.75) is 86.5 Å². The summed E-state index contributed by atoms with van der Waals surface area (Å²) < 4.78 is 10.5. The van der Waals surface area contributed by atoms with E-state index in [-0.39, 0.29) is 11.9 Å². The molecule has 0 fully saturated rings. The van der Waals surface area contributed by atoms with Crippen molar-refractivity contribution in [1.29, 1.82) is 5.26 Å². The maximum absolute atomic E-state index is 12.5. The van der Waals surface area contributed by atoms with Crippen molar-refractivity contribution < 1.29 is 14.3 Å². The number of hydrogen-bond donors (Lipinski definition) is 0. The van der Waals surface area contributed by atoms with Gasteiger partial charge in [-0.2, -0.15) is 5.26 Å². The lowest BCUT2D eigenvalue weighted by Crippen LogP contribution is -2.31. The van der Waals surface area contributed by atoms with Crippen LogP contribution >= 0.6 is 0 Å². The molecule has 0 aliphatic rings. The first-order valence-electron chi connectivity index (χ1n) is 13.1. The lowest BCUT2D eigenvalue weighted by atomic mass is 9.78. The van der Waals surface area contributed by atoms with Crippen molar-refractivity contribution in [2.75, 3.05) is 32.8 Å². The minimum absolute atomic E-state index is 0.184. The van der Waals surface area contributed by atoms with Gasteiger partial charge in [0.25, 0.3) is 0 Å². The van der Waals surface area contributed by atoms with Gasteiger partial charge in [-0.15, -0.1) is 6.58 Å². The molecule has 0 aromatic rings. The molecule has 0 saturated carbocycles. The maximum atomic E-state index is 12.5. The number of rotatable bonds is 19.